The van der Waals surface area contributed by atoms with Crippen molar-refractivity contribution in [2.75, 3.05) is 18.1 Å². The number of nitrogens with zero attached hydrogens (tertiary/aromatic N) is 4. The van der Waals surface area contributed by atoms with Gasteiger partial charge in [0.25, 0.3) is 0 Å². The number of imidazole rings is 1. The number of rotatable bonds is 4. The summed E-state index contributed by atoms with van der Waals surface area (Å²) in [6.07, 6.45) is 1.62. The van der Waals surface area contributed by atoms with Crippen LogP contribution in [0.15, 0.2) is 54.7 Å². The van der Waals surface area contributed by atoms with E-state index in [4.69, 9.17) is 10.8 Å². The highest BCUT2D eigenvalue weighted by molar-refractivity contribution is 5.88. The molecule has 0 amide bonds. The first-order valence-electron chi connectivity index (χ1n) is 8.20. The van der Waals surface area contributed by atoms with E-state index in [-0.39, 0.29) is 5.56 Å². The molecular formula is C19H16N6O2. The van der Waals surface area contributed by atoms with Crippen molar-refractivity contribution >= 4 is 28.8 Å². The van der Waals surface area contributed by atoms with Crippen LogP contribution < -0.4 is 11.1 Å². The van der Waals surface area contributed by atoms with Gasteiger partial charge < -0.3 is 16.2 Å². The third-order valence-electron chi connectivity index (χ3n) is 4.21. The van der Waals surface area contributed by atoms with Crippen LogP contribution in [0.1, 0.15) is 10.4 Å². The summed E-state index contributed by atoms with van der Waals surface area (Å²) in [5.74, 6) is 0.644. The highest BCUT2D eigenvalue weighted by atomic mass is 16.4. The number of hydrogen-bond donors (Lipinski definition) is 3. The number of aromatic carboxylic acids is 1. The van der Waals surface area contributed by atoms with Gasteiger partial charge in [0.15, 0.2) is 11.5 Å². The monoisotopic (exact) mass is 360 g/mol. The molecule has 0 saturated carbocycles. The normalized spacial score (nSPS) is 10.9. The number of nitrogens with two attached hydrogens (primary N) is 1. The second-order valence-corrected chi connectivity index (χ2v) is 5.85. The first-order valence-corrected chi connectivity index (χ1v) is 8.20. The second-order valence-electron chi connectivity index (χ2n) is 5.85. The first-order chi connectivity index (χ1) is 13.1. The smallest absolute Gasteiger partial charge is 0.335 e. The van der Waals surface area contributed by atoms with Gasteiger partial charge in [-0.2, -0.15) is 0 Å². The standard InChI is InChI=1S/C19H16N6O2/c1-21-15-9-8-14-18(24-15)25(12-6-4-11(5-7-12)19(26)27)17(23-14)13-3-2-10-22-16(13)20/h2-10H,1H3,(H2,20,22)(H,21,24)(H,26,27). The zero-order valence-electron chi connectivity index (χ0n) is 14.4. The summed E-state index contributed by atoms with van der Waals surface area (Å²) in [6, 6.07) is 13.8. The Morgan fingerprint density at radius 3 is 2.56 bits per heavy atom. The molecular weight excluding hydrogens is 344 g/mol. The average Bonchev–Trinajstić information content (AvgIpc) is 3.06. The molecule has 8 nitrogen and oxygen atoms in total. The molecule has 0 atom stereocenters. The van der Waals surface area contributed by atoms with E-state index in [2.05, 4.69) is 20.3 Å². The van der Waals surface area contributed by atoms with Crippen LogP contribution >= 0.6 is 0 Å². The minimum atomic E-state index is -0.982. The molecule has 3 aromatic heterocycles. The van der Waals surface area contributed by atoms with Crippen LogP contribution in [0.25, 0.3) is 28.2 Å². The second kappa shape index (κ2) is 6.41. The Kier molecular flexibility index (Phi) is 3.92. The predicted molar refractivity (Wildman–Crippen MR) is 103 cm³/mol. The molecule has 0 fully saturated rings. The maximum absolute atomic E-state index is 11.2. The van der Waals surface area contributed by atoms with Crippen LogP contribution in [0.4, 0.5) is 11.6 Å². The summed E-state index contributed by atoms with van der Waals surface area (Å²) in [4.78, 5) is 24.6. The van der Waals surface area contributed by atoms with Crippen molar-refractivity contribution in [3.05, 3.63) is 60.3 Å². The van der Waals surface area contributed by atoms with Gasteiger partial charge in [0.1, 0.15) is 17.2 Å². The number of carboxylic acids is 1. The number of nitrogens with one attached hydrogen (secondary N) is 1. The molecule has 134 valence electrons. The van der Waals surface area contributed by atoms with Crippen LogP contribution in [0.5, 0.6) is 0 Å². The SMILES string of the molecule is CNc1ccc2nc(-c3cccnc3N)n(-c3ccc(C(=O)O)cc3)c2n1. The Morgan fingerprint density at radius 1 is 1.11 bits per heavy atom. The van der Waals surface area contributed by atoms with Gasteiger partial charge in [-0.1, -0.05) is 0 Å². The lowest BCUT2D eigenvalue weighted by Crippen LogP contribution is -2.03. The maximum atomic E-state index is 11.2. The van der Waals surface area contributed by atoms with E-state index in [1.807, 2.05) is 22.8 Å². The molecule has 3 heterocycles. The van der Waals surface area contributed by atoms with Gasteiger partial charge in [-0.3, -0.25) is 4.57 Å². The fraction of sp³-hybridized carbons (Fsp3) is 0.0526. The molecule has 0 unspecified atom stereocenters. The number of hydrogen-bond acceptors (Lipinski definition) is 6. The molecule has 8 heteroatoms. The van der Waals surface area contributed by atoms with Crippen molar-refractivity contribution in [2.45, 2.75) is 0 Å². The van der Waals surface area contributed by atoms with Gasteiger partial charge >= 0.3 is 5.97 Å². The molecule has 4 aromatic rings. The lowest BCUT2D eigenvalue weighted by Gasteiger charge is -2.10. The topological polar surface area (TPSA) is 119 Å². The van der Waals surface area contributed by atoms with E-state index >= 15 is 0 Å². The number of pyridine rings is 2. The molecule has 4 rings (SSSR count). The zero-order chi connectivity index (χ0) is 19.0. The van der Waals surface area contributed by atoms with Gasteiger partial charge in [0.2, 0.25) is 0 Å². The van der Waals surface area contributed by atoms with Gasteiger partial charge in [-0.05, 0) is 48.5 Å². The summed E-state index contributed by atoms with van der Waals surface area (Å²) >= 11 is 0. The number of aromatic nitrogens is 4. The minimum absolute atomic E-state index is 0.203. The Hall–Kier alpha value is -3.94. The lowest BCUT2D eigenvalue weighted by molar-refractivity contribution is 0.0697. The fourth-order valence-corrected chi connectivity index (χ4v) is 2.88. The van der Waals surface area contributed by atoms with Crippen LogP contribution in [0.3, 0.4) is 0 Å². The number of benzene rings is 1. The summed E-state index contributed by atoms with van der Waals surface area (Å²) in [6.45, 7) is 0. The highest BCUT2D eigenvalue weighted by Gasteiger charge is 2.18. The van der Waals surface area contributed by atoms with Crippen LogP contribution in [-0.2, 0) is 0 Å². The molecule has 4 N–H and O–H groups in total. The summed E-state index contributed by atoms with van der Waals surface area (Å²) in [5, 5.41) is 12.2. The van der Waals surface area contributed by atoms with E-state index in [1.54, 1.807) is 43.6 Å². The molecule has 0 aliphatic carbocycles. The number of fused-ring (bicyclic) bond motifs is 1. The predicted octanol–water partition coefficient (Wildman–Crippen LogP) is 2.80. The zero-order valence-corrected chi connectivity index (χ0v) is 14.4. The first kappa shape index (κ1) is 16.5. The fourth-order valence-electron chi connectivity index (χ4n) is 2.88. The molecule has 0 aliphatic heterocycles. The molecule has 0 bridgehead atoms. The van der Waals surface area contributed by atoms with Gasteiger partial charge in [0, 0.05) is 18.9 Å². The molecule has 1 aromatic carbocycles. The van der Waals surface area contributed by atoms with Crippen molar-refractivity contribution in [1.82, 2.24) is 19.5 Å². The van der Waals surface area contributed by atoms with Crippen LogP contribution in [0.2, 0.25) is 0 Å². The van der Waals surface area contributed by atoms with E-state index < -0.39 is 5.97 Å². The Bertz CT molecular complexity index is 1150. The maximum Gasteiger partial charge on any atom is 0.335 e. The third kappa shape index (κ3) is 2.82. The average molecular weight is 360 g/mol. The lowest BCUT2D eigenvalue weighted by atomic mass is 10.2. The third-order valence-corrected chi connectivity index (χ3v) is 4.21. The molecule has 0 saturated heterocycles. The largest absolute Gasteiger partial charge is 0.478 e. The molecule has 27 heavy (non-hydrogen) atoms. The Morgan fingerprint density at radius 2 is 1.89 bits per heavy atom. The molecule has 0 aliphatic rings. The van der Waals surface area contributed by atoms with Crippen molar-refractivity contribution in [2.24, 2.45) is 0 Å². The van der Waals surface area contributed by atoms with Crippen LogP contribution in [0, 0.1) is 0 Å². The quantitative estimate of drug-likeness (QED) is 0.512. The highest BCUT2D eigenvalue weighted by Crippen LogP contribution is 2.30. The molecule has 0 radical (unpaired) electrons. The van der Waals surface area contributed by atoms with Crippen LogP contribution in [-0.4, -0.2) is 37.6 Å². The van der Waals surface area contributed by atoms with E-state index in [9.17, 15) is 4.79 Å². The number of anilines is 2. The summed E-state index contributed by atoms with van der Waals surface area (Å²) in [5.41, 5.74) is 8.98. The minimum Gasteiger partial charge on any atom is -0.478 e. The van der Waals surface area contributed by atoms with Crippen molar-refractivity contribution < 1.29 is 9.90 Å². The summed E-state index contributed by atoms with van der Waals surface area (Å²) in [7, 11) is 1.79. The summed E-state index contributed by atoms with van der Waals surface area (Å²) < 4.78 is 1.84. The number of nitrogen functional groups attached to an aromatic ring is 1. The number of carbonyl (C=O) groups is 1. The van der Waals surface area contributed by atoms with Gasteiger partial charge in [-0.25, -0.2) is 19.7 Å². The van der Waals surface area contributed by atoms with Gasteiger partial charge in [0.05, 0.1) is 11.1 Å². The number of carboxylic acid groups (broad SMARTS) is 1. The van der Waals surface area contributed by atoms with Crippen molar-refractivity contribution in [3.8, 4) is 17.1 Å². The molecule has 0 spiro atoms. The van der Waals surface area contributed by atoms with Crippen molar-refractivity contribution in [1.29, 1.82) is 0 Å². The van der Waals surface area contributed by atoms with E-state index in [0.29, 0.717) is 34.2 Å². The van der Waals surface area contributed by atoms with E-state index in [0.717, 1.165) is 5.69 Å². The van der Waals surface area contributed by atoms with Gasteiger partial charge in [-0.15, -0.1) is 0 Å². The Balaban J connectivity index is 2.02. The Labute approximate surface area is 154 Å². The van der Waals surface area contributed by atoms with E-state index in [1.165, 1.54) is 0 Å². The van der Waals surface area contributed by atoms with Crippen molar-refractivity contribution in [3.63, 3.8) is 0 Å².